The molecule has 224 valence electrons. The lowest BCUT2D eigenvalue weighted by Gasteiger charge is -2.26. The molecule has 3 rings (SSSR count). The first-order valence-corrected chi connectivity index (χ1v) is 13.9. The number of nitrogens with zero attached hydrogens (tertiary/aromatic N) is 2. The summed E-state index contributed by atoms with van der Waals surface area (Å²) < 4.78 is 1.71. The number of hydrogen-bond donors (Lipinski definition) is 6. The van der Waals surface area contributed by atoms with E-state index < -0.39 is 42.0 Å². The number of aliphatic carboxylic acids is 1. The minimum absolute atomic E-state index is 0.0219. The molecule has 1 aliphatic rings. The minimum atomic E-state index is -1.16. The Bertz CT molecular complexity index is 1200. The van der Waals surface area contributed by atoms with E-state index in [-0.39, 0.29) is 36.3 Å². The molecular formula is C29H42N6O6. The number of rotatable bonds is 13. The van der Waals surface area contributed by atoms with Crippen LogP contribution >= 0.6 is 0 Å². The minimum Gasteiger partial charge on any atom is -0.508 e. The number of hydrogen-bond acceptors (Lipinski definition) is 7. The standard InChI is InChI=1S/C29H42N6O6/c1-29(2,3)12-11-22(28(40)41)32-27(39)24(15-19-16-35(4)17-31-19)34-26(38)23(14-18-7-9-20(36)10-8-18)33-25(37)21-6-5-13-30-21/h7-10,16-17,21-24,30,36H,5-6,11-15H2,1-4H3,(H,32,39)(H,33,37)(H,34,38)(H,40,41)/t21-,22-,23-,24-/m0/s1. The third kappa shape index (κ3) is 10.2. The second kappa shape index (κ2) is 14.1. The van der Waals surface area contributed by atoms with Crippen molar-refractivity contribution < 1.29 is 29.4 Å². The van der Waals surface area contributed by atoms with Gasteiger partial charge < -0.3 is 36.0 Å². The van der Waals surface area contributed by atoms with Crippen LogP contribution in [0.4, 0.5) is 0 Å². The third-order valence-electron chi connectivity index (χ3n) is 6.99. The Morgan fingerprint density at radius 1 is 1.02 bits per heavy atom. The summed E-state index contributed by atoms with van der Waals surface area (Å²) in [4.78, 5) is 56.2. The molecule has 1 saturated heterocycles. The average molecular weight is 571 g/mol. The Morgan fingerprint density at radius 2 is 1.66 bits per heavy atom. The van der Waals surface area contributed by atoms with Crippen LogP contribution in [-0.2, 0) is 39.1 Å². The van der Waals surface area contributed by atoms with Crippen molar-refractivity contribution in [1.29, 1.82) is 0 Å². The van der Waals surface area contributed by atoms with Crippen molar-refractivity contribution in [3.63, 3.8) is 0 Å². The normalized spacial score (nSPS) is 17.3. The van der Waals surface area contributed by atoms with E-state index in [1.807, 2.05) is 20.8 Å². The molecule has 2 aromatic rings. The molecule has 0 spiro atoms. The summed E-state index contributed by atoms with van der Waals surface area (Å²) in [6.45, 7) is 6.67. The van der Waals surface area contributed by atoms with E-state index in [0.717, 1.165) is 6.42 Å². The summed E-state index contributed by atoms with van der Waals surface area (Å²) in [7, 11) is 1.78. The second-order valence-electron chi connectivity index (χ2n) is 11.9. The monoisotopic (exact) mass is 570 g/mol. The Labute approximate surface area is 240 Å². The fraction of sp³-hybridized carbons (Fsp3) is 0.552. The Balaban J connectivity index is 1.81. The SMILES string of the molecule is Cn1cnc(C[C@H](NC(=O)[C@H](Cc2ccc(O)cc2)NC(=O)[C@@H]2CCCN2)C(=O)N[C@@H](CCC(C)(C)C)C(=O)O)c1. The molecule has 41 heavy (non-hydrogen) atoms. The van der Waals surface area contributed by atoms with Gasteiger partial charge in [-0.3, -0.25) is 14.4 Å². The molecule has 0 bridgehead atoms. The van der Waals surface area contributed by atoms with E-state index in [9.17, 15) is 29.4 Å². The summed E-state index contributed by atoms with van der Waals surface area (Å²) in [5.74, 6) is -2.66. The first kappa shape index (κ1) is 31.6. The maximum Gasteiger partial charge on any atom is 0.326 e. The lowest BCUT2D eigenvalue weighted by molar-refractivity contribution is -0.142. The maximum absolute atomic E-state index is 13.6. The molecule has 0 saturated carbocycles. The number of aryl methyl sites for hydroxylation is 1. The van der Waals surface area contributed by atoms with E-state index >= 15 is 0 Å². The van der Waals surface area contributed by atoms with Crippen molar-refractivity contribution in [2.75, 3.05) is 6.54 Å². The number of phenols is 1. The Hall–Kier alpha value is -3.93. The van der Waals surface area contributed by atoms with Gasteiger partial charge in [-0.25, -0.2) is 9.78 Å². The fourth-order valence-corrected chi connectivity index (χ4v) is 4.63. The van der Waals surface area contributed by atoms with Crippen LogP contribution in [0.5, 0.6) is 5.75 Å². The molecule has 2 heterocycles. The van der Waals surface area contributed by atoms with Gasteiger partial charge >= 0.3 is 5.97 Å². The number of amides is 3. The van der Waals surface area contributed by atoms with Crippen LogP contribution in [0.1, 0.15) is 57.7 Å². The number of nitrogens with one attached hydrogen (secondary N) is 4. The lowest BCUT2D eigenvalue weighted by Crippen LogP contribution is -2.58. The van der Waals surface area contributed by atoms with Crippen molar-refractivity contribution in [1.82, 2.24) is 30.8 Å². The molecule has 1 aliphatic heterocycles. The van der Waals surface area contributed by atoms with Crippen LogP contribution in [0, 0.1) is 5.41 Å². The van der Waals surface area contributed by atoms with Crippen molar-refractivity contribution >= 4 is 23.7 Å². The highest BCUT2D eigenvalue weighted by Crippen LogP contribution is 2.22. The van der Waals surface area contributed by atoms with Crippen LogP contribution in [0.15, 0.2) is 36.8 Å². The number of aromatic nitrogens is 2. The van der Waals surface area contributed by atoms with E-state index in [1.165, 1.54) is 12.1 Å². The first-order chi connectivity index (χ1) is 19.3. The summed E-state index contributed by atoms with van der Waals surface area (Å²) in [6.07, 6.45) is 5.70. The molecule has 0 aliphatic carbocycles. The molecule has 12 nitrogen and oxygen atoms in total. The summed E-state index contributed by atoms with van der Waals surface area (Å²) in [6, 6.07) is 2.57. The molecule has 12 heteroatoms. The molecule has 0 unspecified atom stereocenters. The number of imidazole rings is 1. The van der Waals surface area contributed by atoms with Gasteiger partial charge in [0.05, 0.1) is 18.1 Å². The largest absolute Gasteiger partial charge is 0.508 e. The summed E-state index contributed by atoms with van der Waals surface area (Å²) in [5, 5.41) is 30.7. The Kier molecular flexibility index (Phi) is 10.9. The van der Waals surface area contributed by atoms with Gasteiger partial charge in [0.25, 0.3) is 0 Å². The van der Waals surface area contributed by atoms with Gasteiger partial charge in [0.1, 0.15) is 23.9 Å². The van der Waals surface area contributed by atoms with Crippen LogP contribution in [0.2, 0.25) is 0 Å². The Morgan fingerprint density at radius 3 is 2.20 bits per heavy atom. The number of carboxylic acids is 1. The molecule has 4 atom stereocenters. The van der Waals surface area contributed by atoms with E-state index in [1.54, 1.807) is 36.3 Å². The van der Waals surface area contributed by atoms with Gasteiger partial charge in [0.15, 0.2) is 0 Å². The summed E-state index contributed by atoms with van der Waals surface area (Å²) in [5.41, 5.74) is 1.10. The van der Waals surface area contributed by atoms with Crippen LogP contribution in [-0.4, -0.2) is 74.2 Å². The smallest absolute Gasteiger partial charge is 0.326 e. The van der Waals surface area contributed by atoms with Gasteiger partial charge in [-0.15, -0.1) is 0 Å². The van der Waals surface area contributed by atoms with Crippen LogP contribution < -0.4 is 21.3 Å². The predicted molar refractivity (Wildman–Crippen MR) is 152 cm³/mol. The molecule has 6 N–H and O–H groups in total. The van der Waals surface area contributed by atoms with Crippen molar-refractivity contribution in [2.45, 2.75) is 83.5 Å². The van der Waals surface area contributed by atoms with E-state index in [0.29, 0.717) is 30.6 Å². The topological polar surface area (TPSA) is 175 Å². The van der Waals surface area contributed by atoms with E-state index in [2.05, 4.69) is 26.3 Å². The zero-order valence-electron chi connectivity index (χ0n) is 24.1. The number of aromatic hydroxyl groups is 1. The molecule has 3 amide bonds. The van der Waals surface area contributed by atoms with Gasteiger partial charge in [-0.2, -0.15) is 0 Å². The highest BCUT2D eigenvalue weighted by atomic mass is 16.4. The van der Waals surface area contributed by atoms with Crippen LogP contribution in [0.3, 0.4) is 0 Å². The van der Waals surface area contributed by atoms with Crippen molar-refractivity contribution in [3.05, 3.63) is 48.0 Å². The first-order valence-electron chi connectivity index (χ1n) is 13.9. The molecule has 1 fully saturated rings. The third-order valence-corrected chi connectivity index (χ3v) is 6.99. The van der Waals surface area contributed by atoms with Gasteiger partial charge in [-0.05, 0) is 55.3 Å². The summed E-state index contributed by atoms with van der Waals surface area (Å²) >= 11 is 0. The number of carboxylic acid groups (broad SMARTS) is 1. The maximum atomic E-state index is 13.6. The number of carbonyl (C=O) groups excluding carboxylic acids is 3. The molecule has 0 radical (unpaired) electrons. The molecular weight excluding hydrogens is 528 g/mol. The quantitative estimate of drug-likeness (QED) is 0.207. The highest BCUT2D eigenvalue weighted by Gasteiger charge is 2.32. The van der Waals surface area contributed by atoms with Gasteiger partial charge in [0.2, 0.25) is 17.7 Å². The molecule has 1 aromatic carbocycles. The number of benzene rings is 1. The number of phenolic OH excluding ortho intramolecular Hbond substituents is 1. The molecule has 1 aromatic heterocycles. The van der Waals surface area contributed by atoms with E-state index in [4.69, 9.17) is 0 Å². The fourth-order valence-electron chi connectivity index (χ4n) is 4.63. The van der Waals surface area contributed by atoms with Crippen LogP contribution in [0.25, 0.3) is 0 Å². The van der Waals surface area contributed by atoms with Gasteiger partial charge in [-0.1, -0.05) is 32.9 Å². The highest BCUT2D eigenvalue weighted by molar-refractivity contribution is 5.94. The zero-order chi connectivity index (χ0) is 30.2. The lowest BCUT2D eigenvalue weighted by atomic mass is 9.88. The zero-order valence-corrected chi connectivity index (χ0v) is 24.1. The predicted octanol–water partition coefficient (Wildman–Crippen LogP) is 1.03. The average Bonchev–Trinajstić information content (AvgIpc) is 3.58. The van der Waals surface area contributed by atoms with Gasteiger partial charge in [0, 0.05) is 26.1 Å². The van der Waals surface area contributed by atoms with Crippen molar-refractivity contribution in [3.8, 4) is 5.75 Å². The number of carbonyl (C=O) groups is 4. The van der Waals surface area contributed by atoms with Crippen molar-refractivity contribution in [2.24, 2.45) is 12.5 Å². The second-order valence-corrected chi connectivity index (χ2v) is 11.9.